The Morgan fingerprint density at radius 3 is 2.75 bits per heavy atom. The van der Waals surface area contributed by atoms with Gasteiger partial charge in [-0.15, -0.1) is 0 Å². The molecule has 1 aliphatic carbocycles. The first-order valence-corrected chi connectivity index (χ1v) is 4.14. The summed E-state index contributed by atoms with van der Waals surface area (Å²) in [5.74, 6) is 0.277. The summed E-state index contributed by atoms with van der Waals surface area (Å²) >= 11 is 0. The maximum atomic E-state index is 10.6. The zero-order valence-electron chi connectivity index (χ0n) is 7.29. The van der Waals surface area contributed by atoms with Crippen LogP contribution in [0.1, 0.15) is 12.8 Å². The molecule has 0 saturated heterocycles. The highest BCUT2D eigenvalue weighted by atomic mass is 16.6. The fraction of sp³-hybridized carbons (Fsp3) is 0.875. The molecule has 0 unspecified atom stereocenters. The maximum Gasteiger partial charge on any atom is 0.331 e. The van der Waals surface area contributed by atoms with Crippen molar-refractivity contribution in [3.05, 3.63) is 0 Å². The second-order valence-electron chi connectivity index (χ2n) is 3.08. The summed E-state index contributed by atoms with van der Waals surface area (Å²) in [6.07, 6.45) is 2.18. The van der Waals surface area contributed by atoms with E-state index in [1.54, 1.807) is 0 Å². The van der Waals surface area contributed by atoms with Crippen molar-refractivity contribution in [1.82, 2.24) is 0 Å². The van der Waals surface area contributed by atoms with Crippen LogP contribution >= 0.6 is 0 Å². The van der Waals surface area contributed by atoms with Gasteiger partial charge in [0, 0.05) is 0 Å². The van der Waals surface area contributed by atoms with E-state index >= 15 is 0 Å². The largest absolute Gasteiger partial charge is 0.467 e. The van der Waals surface area contributed by atoms with Gasteiger partial charge in [-0.3, -0.25) is 0 Å². The lowest BCUT2D eigenvalue weighted by atomic mass is 9.82. The van der Waals surface area contributed by atoms with Crippen LogP contribution in [0.5, 0.6) is 0 Å². The first-order chi connectivity index (χ1) is 5.76. The highest BCUT2D eigenvalue weighted by molar-refractivity contribution is 5.70. The van der Waals surface area contributed by atoms with Gasteiger partial charge in [-0.2, -0.15) is 0 Å². The van der Waals surface area contributed by atoms with E-state index in [9.17, 15) is 4.79 Å². The average molecular weight is 173 g/mol. The molecule has 4 nitrogen and oxygen atoms in total. The van der Waals surface area contributed by atoms with Crippen molar-refractivity contribution in [3.8, 4) is 0 Å². The van der Waals surface area contributed by atoms with Crippen LogP contribution in [-0.4, -0.2) is 32.3 Å². The summed E-state index contributed by atoms with van der Waals surface area (Å²) in [6.45, 7) is 0.788. The molecule has 1 rings (SSSR count). The molecule has 2 N–H and O–H groups in total. The van der Waals surface area contributed by atoms with Crippen LogP contribution in [-0.2, 0) is 14.3 Å². The van der Waals surface area contributed by atoms with Crippen LogP contribution in [0.25, 0.3) is 0 Å². The summed E-state index contributed by atoms with van der Waals surface area (Å²) in [6, 6.07) is 0. The Bertz CT molecular complexity index is 154. The molecule has 0 aromatic heterocycles. The van der Waals surface area contributed by atoms with Gasteiger partial charge in [0.1, 0.15) is 6.61 Å². The highest BCUT2D eigenvalue weighted by Crippen LogP contribution is 2.28. The van der Waals surface area contributed by atoms with Crippen molar-refractivity contribution < 1.29 is 14.3 Å². The first-order valence-electron chi connectivity index (χ1n) is 4.14. The van der Waals surface area contributed by atoms with E-state index in [1.165, 1.54) is 7.11 Å². The van der Waals surface area contributed by atoms with Crippen molar-refractivity contribution >= 4 is 5.97 Å². The number of ether oxygens (including phenoxy) is 2. The molecule has 0 bridgehead atoms. The third-order valence-electron chi connectivity index (χ3n) is 2.19. The fourth-order valence-electron chi connectivity index (χ4n) is 1.25. The van der Waals surface area contributed by atoms with Gasteiger partial charge in [-0.1, -0.05) is 0 Å². The van der Waals surface area contributed by atoms with Gasteiger partial charge in [-0.25, -0.2) is 4.79 Å². The molecule has 0 radical (unpaired) electrons. The number of hydrogen-bond acceptors (Lipinski definition) is 4. The SMILES string of the molecule is COC(=O)COC1CC(CN)C1. The summed E-state index contributed by atoms with van der Waals surface area (Å²) in [5.41, 5.74) is 5.43. The molecule has 0 heterocycles. The second-order valence-corrected chi connectivity index (χ2v) is 3.08. The van der Waals surface area contributed by atoms with E-state index in [-0.39, 0.29) is 18.7 Å². The van der Waals surface area contributed by atoms with Gasteiger partial charge < -0.3 is 15.2 Å². The molecule has 0 spiro atoms. The van der Waals surface area contributed by atoms with E-state index < -0.39 is 0 Å². The zero-order valence-corrected chi connectivity index (χ0v) is 7.29. The predicted octanol–water partition coefficient (Wildman–Crippen LogP) is -0.0867. The van der Waals surface area contributed by atoms with E-state index in [0.29, 0.717) is 5.92 Å². The highest BCUT2D eigenvalue weighted by Gasteiger charge is 2.28. The molecule has 0 aromatic carbocycles. The first kappa shape index (κ1) is 9.48. The van der Waals surface area contributed by atoms with Crippen LogP contribution < -0.4 is 5.73 Å². The number of rotatable bonds is 4. The topological polar surface area (TPSA) is 61.5 Å². The lowest BCUT2D eigenvalue weighted by Crippen LogP contribution is -2.36. The van der Waals surface area contributed by atoms with Crippen LogP contribution in [0.4, 0.5) is 0 Å². The smallest absolute Gasteiger partial charge is 0.331 e. The third-order valence-corrected chi connectivity index (χ3v) is 2.19. The standard InChI is InChI=1S/C8H15NO3/c1-11-8(10)5-12-7-2-6(3-7)4-9/h6-7H,2-5,9H2,1H3. The molecule has 70 valence electrons. The molecule has 1 saturated carbocycles. The van der Waals surface area contributed by atoms with Gasteiger partial charge in [0.15, 0.2) is 0 Å². The average Bonchev–Trinajstić information content (AvgIpc) is 2.01. The Kier molecular flexibility index (Phi) is 3.49. The molecule has 0 amide bonds. The number of esters is 1. The van der Waals surface area contributed by atoms with Crippen molar-refractivity contribution in [3.63, 3.8) is 0 Å². The minimum absolute atomic E-state index is 0.0679. The predicted molar refractivity (Wildman–Crippen MR) is 43.5 cm³/mol. The lowest BCUT2D eigenvalue weighted by Gasteiger charge is -2.33. The number of methoxy groups -OCH3 is 1. The Hall–Kier alpha value is -0.610. The van der Waals surface area contributed by atoms with Crippen molar-refractivity contribution in [2.24, 2.45) is 11.7 Å². The Balaban J connectivity index is 2.00. The molecular weight excluding hydrogens is 158 g/mol. The Morgan fingerprint density at radius 1 is 1.58 bits per heavy atom. The normalized spacial score (nSPS) is 27.8. The van der Waals surface area contributed by atoms with Crippen LogP contribution in [0.2, 0.25) is 0 Å². The minimum Gasteiger partial charge on any atom is -0.467 e. The lowest BCUT2D eigenvalue weighted by molar-refractivity contribution is -0.151. The zero-order chi connectivity index (χ0) is 8.97. The van der Waals surface area contributed by atoms with Crippen LogP contribution in [0.15, 0.2) is 0 Å². The van der Waals surface area contributed by atoms with Crippen molar-refractivity contribution in [2.45, 2.75) is 18.9 Å². The van der Waals surface area contributed by atoms with Gasteiger partial charge in [-0.05, 0) is 25.3 Å². The van der Waals surface area contributed by atoms with Crippen molar-refractivity contribution in [1.29, 1.82) is 0 Å². The third kappa shape index (κ3) is 2.46. The summed E-state index contributed by atoms with van der Waals surface area (Å²) in [7, 11) is 1.36. The molecule has 4 heteroatoms. The van der Waals surface area contributed by atoms with E-state index in [4.69, 9.17) is 10.5 Å². The van der Waals surface area contributed by atoms with Crippen LogP contribution in [0.3, 0.4) is 0 Å². The summed E-state index contributed by atoms with van der Waals surface area (Å²) < 4.78 is 9.67. The van der Waals surface area contributed by atoms with E-state index in [2.05, 4.69) is 4.74 Å². The monoisotopic (exact) mass is 173 g/mol. The van der Waals surface area contributed by atoms with E-state index in [1.807, 2.05) is 0 Å². The number of hydrogen-bond donors (Lipinski definition) is 1. The molecule has 0 aromatic rings. The second kappa shape index (κ2) is 4.42. The molecule has 12 heavy (non-hydrogen) atoms. The number of carbonyl (C=O) groups excluding carboxylic acids is 1. The fourth-order valence-corrected chi connectivity index (χ4v) is 1.25. The molecule has 1 fully saturated rings. The minimum atomic E-state index is -0.314. The Labute approximate surface area is 72.0 Å². The Morgan fingerprint density at radius 2 is 2.25 bits per heavy atom. The van der Waals surface area contributed by atoms with Gasteiger partial charge in [0.25, 0.3) is 0 Å². The molecule has 0 atom stereocenters. The number of nitrogens with two attached hydrogens (primary N) is 1. The summed E-state index contributed by atoms with van der Waals surface area (Å²) in [4.78, 5) is 10.6. The molecular formula is C8H15NO3. The maximum absolute atomic E-state index is 10.6. The van der Waals surface area contributed by atoms with Gasteiger partial charge >= 0.3 is 5.97 Å². The van der Waals surface area contributed by atoms with Gasteiger partial charge in [0.2, 0.25) is 0 Å². The quantitative estimate of drug-likeness (QED) is 0.604. The molecule has 0 aliphatic heterocycles. The number of carbonyl (C=O) groups is 1. The van der Waals surface area contributed by atoms with Crippen molar-refractivity contribution in [2.75, 3.05) is 20.3 Å². The van der Waals surface area contributed by atoms with Gasteiger partial charge in [0.05, 0.1) is 13.2 Å². The van der Waals surface area contributed by atoms with Crippen LogP contribution in [0, 0.1) is 5.92 Å². The van der Waals surface area contributed by atoms with E-state index in [0.717, 1.165) is 19.4 Å². The summed E-state index contributed by atoms with van der Waals surface area (Å²) in [5, 5.41) is 0. The molecule has 1 aliphatic rings.